The molecule has 2 aromatic heterocycles. The molecule has 0 amide bonds. The summed E-state index contributed by atoms with van der Waals surface area (Å²) >= 11 is 0. The van der Waals surface area contributed by atoms with Crippen molar-refractivity contribution in [2.24, 2.45) is 0 Å². The third-order valence-electron chi connectivity index (χ3n) is 11.5. The van der Waals surface area contributed by atoms with Gasteiger partial charge in [-0.3, -0.25) is 0 Å². The van der Waals surface area contributed by atoms with Gasteiger partial charge in [-0.25, -0.2) is 9.69 Å². The number of rotatable bonds is 5. The van der Waals surface area contributed by atoms with Crippen molar-refractivity contribution in [3.63, 3.8) is 0 Å². The number of alkyl halides is 3. The molecule has 0 bridgehead atoms. The lowest BCUT2D eigenvalue weighted by atomic mass is 9.93. The van der Waals surface area contributed by atoms with Crippen molar-refractivity contribution in [2.45, 2.75) is 6.18 Å². The van der Waals surface area contributed by atoms with E-state index in [0.29, 0.717) is 33.7 Å². The van der Waals surface area contributed by atoms with E-state index in [-0.39, 0.29) is 22.4 Å². The lowest BCUT2D eigenvalue weighted by Crippen LogP contribution is -2.09. The van der Waals surface area contributed by atoms with E-state index >= 15 is 13.2 Å². The topological polar surface area (TPSA) is 66.2 Å². The van der Waals surface area contributed by atoms with Gasteiger partial charge in [-0.2, -0.15) is 23.7 Å². The maximum atomic E-state index is 15.2. The number of halogens is 3. The number of nitriles is 2. The van der Waals surface area contributed by atoms with Gasteiger partial charge in [0.15, 0.2) is 11.4 Å². The summed E-state index contributed by atoms with van der Waals surface area (Å²) in [5, 5.41) is 23.8. The fourth-order valence-corrected chi connectivity index (χ4v) is 8.68. The largest absolute Gasteiger partial charge is 0.415 e. The summed E-state index contributed by atoms with van der Waals surface area (Å²) in [4.78, 5) is 7.15. The van der Waals surface area contributed by atoms with Crippen LogP contribution in [0.15, 0.2) is 164 Å². The molecule has 0 N–H and O–H groups in total. The average Bonchev–Trinajstić information content (AvgIpc) is 3.82. The molecular formula is C53H27F3N6. The van der Waals surface area contributed by atoms with Crippen LogP contribution in [0.5, 0.6) is 0 Å². The molecule has 0 spiro atoms. The highest BCUT2D eigenvalue weighted by atomic mass is 19.4. The van der Waals surface area contributed by atoms with Crippen molar-refractivity contribution >= 4 is 55.0 Å². The van der Waals surface area contributed by atoms with Crippen molar-refractivity contribution in [1.82, 2.24) is 9.13 Å². The summed E-state index contributed by atoms with van der Waals surface area (Å²) < 4.78 is 49.5. The molecule has 0 saturated heterocycles. The number of aromatic nitrogens is 2. The summed E-state index contributed by atoms with van der Waals surface area (Å²) in [5.74, 6) is 0. The van der Waals surface area contributed by atoms with Crippen molar-refractivity contribution in [2.75, 3.05) is 0 Å². The lowest BCUT2D eigenvalue weighted by Gasteiger charge is -2.22. The van der Waals surface area contributed by atoms with E-state index in [2.05, 4.69) is 21.8 Å². The fourth-order valence-electron chi connectivity index (χ4n) is 8.68. The summed E-state index contributed by atoms with van der Waals surface area (Å²) in [6.07, 6.45) is -4.82. The zero-order valence-corrected chi connectivity index (χ0v) is 32.4. The van der Waals surface area contributed by atoms with Crippen molar-refractivity contribution in [3.8, 4) is 56.9 Å². The van der Waals surface area contributed by atoms with Gasteiger partial charge in [0.25, 0.3) is 0 Å². The highest BCUT2D eigenvalue weighted by molar-refractivity contribution is 6.13. The standard InChI is InChI=1S/C53H27F3N6/c1-59-38-22-18-34(19-23-38)36-21-25-49-42(27-36)40-9-4-6-13-47(40)62(49)51-28-37(31-58)50(29-43(51)52-44(53(54,55)56)10-7-11-45(52)60-2)61-46-12-5-3-8-39(46)41-26-35(20-24-48(41)61)33-16-14-32(30-57)15-17-33/h3-29H. The van der Waals surface area contributed by atoms with Crippen molar-refractivity contribution in [3.05, 3.63) is 203 Å². The Balaban J connectivity index is 1.30. The van der Waals surface area contributed by atoms with Gasteiger partial charge in [0.05, 0.1) is 69.3 Å². The second-order valence-electron chi connectivity index (χ2n) is 14.8. The minimum atomic E-state index is -4.82. The Hall–Kier alpha value is -8.89. The molecule has 0 atom stereocenters. The van der Waals surface area contributed by atoms with E-state index in [1.165, 1.54) is 12.1 Å². The molecule has 62 heavy (non-hydrogen) atoms. The SMILES string of the molecule is [C-]#[N+]c1ccc(-c2ccc3c(c2)c2ccccc2n3-c2cc(C#N)c(-n3c4ccccc4c4cc(-c5ccc(C#N)cc5)ccc43)cc2-c2c([N+]#[C-])cccc2C(F)(F)F)cc1. The van der Waals surface area contributed by atoms with Crippen LogP contribution in [0.25, 0.3) is 98.1 Å². The van der Waals surface area contributed by atoms with Crippen molar-refractivity contribution in [1.29, 1.82) is 10.5 Å². The van der Waals surface area contributed by atoms with Gasteiger partial charge in [-0.15, -0.1) is 0 Å². The third-order valence-corrected chi connectivity index (χ3v) is 11.5. The fraction of sp³-hybridized carbons (Fsp3) is 0.0189. The van der Waals surface area contributed by atoms with Crippen LogP contribution in [0, 0.1) is 35.8 Å². The Labute approximate surface area is 353 Å². The number of fused-ring (bicyclic) bond motifs is 6. The van der Waals surface area contributed by atoms with Crippen LogP contribution in [0.1, 0.15) is 16.7 Å². The van der Waals surface area contributed by atoms with Gasteiger partial charge in [0.2, 0.25) is 0 Å². The third kappa shape index (κ3) is 5.93. The van der Waals surface area contributed by atoms with E-state index in [1.807, 2.05) is 118 Å². The van der Waals surface area contributed by atoms with Crippen LogP contribution in [-0.4, -0.2) is 9.13 Å². The number of hydrogen-bond acceptors (Lipinski definition) is 2. The van der Waals surface area contributed by atoms with Crippen LogP contribution in [0.2, 0.25) is 0 Å². The predicted molar refractivity (Wildman–Crippen MR) is 238 cm³/mol. The van der Waals surface area contributed by atoms with Crippen LogP contribution < -0.4 is 0 Å². The Morgan fingerprint density at radius 1 is 0.484 bits per heavy atom. The molecular weight excluding hydrogens is 778 g/mol. The molecule has 10 rings (SSSR count). The maximum Gasteiger partial charge on any atom is 0.415 e. The van der Waals surface area contributed by atoms with E-state index in [0.717, 1.165) is 60.9 Å². The predicted octanol–water partition coefficient (Wildman–Crippen LogP) is 14.7. The first kappa shape index (κ1) is 37.4. The summed E-state index contributed by atoms with van der Waals surface area (Å²) in [7, 11) is 0. The van der Waals surface area contributed by atoms with Crippen LogP contribution >= 0.6 is 0 Å². The van der Waals surface area contributed by atoms with E-state index in [1.54, 1.807) is 36.4 Å². The first-order chi connectivity index (χ1) is 30.2. The van der Waals surface area contributed by atoms with Gasteiger partial charge in [-0.05, 0) is 88.5 Å². The number of benzene rings is 8. The highest BCUT2D eigenvalue weighted by Crippen LogP contribution is 2.48. The smallest absolute Gasteiger partial charge is 0.309 e. The molecule has 290 valence electrons. The first-order valence-corrected chi connectivity index (χ1v) is 19.4. The zero-order valence-electron chi connectivity index (χ0n) is 32.4. The molecule has 2 heterocycles. The van der Waals surface area contributed by atoms with Gasteiger partial charge in [0, 0.05) is 27.1 Å². The van der Waals surface area contributed by atoms with Crippen LogP contribution in [0.3, 0.4) is 0 Å². The van der Waals surface area contributed by atoms with Gasteiger partial charge in [0.1, 0.15) is 6.07 Å². The van der Waals surface area contributed by atoms with E-state index in [9.17, 15) is 10.5 Å². The number of hydrogen-bond donors (Lipinski definition) is 0. The Morgan fingerprint density at radius 3 is 1.55 bits per heavy atom. The highest BCUT2D eigenvalue weighted by Gasteiger charge is 2.36. The second-order valence-corrected chi connectivity index (χ2v) is 14.8. The monoisotopic (exact) mass is 804 g/mol. The normalized spacial score (nSPS) is 11.4. The van der Waals surface area contributed by atoms with Crippen LogP contribution in [0.4, 0.5) is 24.5 Å². The van der Waals surface area contributed by atoms with Crippen LogP contribution in [-0.2, 0) is 6.18 Å². The van der Waals surface area contributed by atoms with E-state index in [4.69, 9.17) is 13.1 Å². The molecule has 9 heteroatoms. The number of nitrogens with zero attached hydrogens (tertiary/aromatic N) is 6. The second kappa shape index (κ2) is 14.4. The minimum Gasteiger partial charge on any atom is -0.309 e. The maximum absolute atomic E-state index is 15.2. The molecule has 10 aromatic rings. The molecule has 0 unspecified atom stereocenters. The van der Waals surface area contributed by atoms with Gasteiger partial charge < -0.3 is 9.13 Å². The summed E-state index contributed by atoms with van der Waals surface area (Å²) in [6, 6.07) is 53.1. The Kier molecular flexibility index (Phi) is 8.70. The molecule has 0 fully saturated rings. The molecule has 0 radical (unpaired) electrons. The first-order valence-electron chi connectivity index (χ1n) is 19.4. The Morgan fingerprint density at radius 2 is 1.02 bits per heavy atom. The molecule has 6 nitrogen and oxygen atoms in total. The van der Waals surface area contributed by atoms with Gasteiger partial charge in [-0.1, -0.05) is 103 Å². The summed E-state index contributed by atoms with van der Waals surface area (Å²) in [6.45, 7) is 15.5. The van der Waals surface area contributed by atoms with Crippen molar-refractivity contribution < 1.29 is 13.2 Å². The minimum absolute atomic E-state index is 0.125. The summed E-state index contributed by atoms with van der Waals surface area (Å²) in [5.41, 5.74) is 7.02. The molecule has 0 saturated carbocycles. The zero-order chi connectivity index (χ0) is 42.7. The van der Waals surface area contributed by atoms with E-state index < -0.39 is 11.7 Å². The molecule has 0 aliphatic rings. The van der Waals surface area contributed by atoms with Gasteiger partial charge >= 0.3 is 6.18 Å². The Bertz CT molecular complexity index is 3660. The number of para-hydroxylation sites is 2. The lowest BCUT2D eigenvalue weighted by molar-refractivity contribution is -0.137. The molecule has 8 aromatic carbocycles. The molecule has 0 aliphatic carbocycles. The quantitative estimate of drug-likeness (QED) is 0.163. The average molecular weight is 805 g/mol. The molecule has 0 aliphatic heterocycles.